The van der Waals surface area contributed by atoms with Crippen LogP contribution in [0.5, 0.6) is 0 Å². The highest BCUT2D eigenvalue weighted by Crippen LogP contribution is 2.30. The number of amides is 1. The summed E-state index contributed by atoms with van der Waals surface area (Å²) in [6.07, 6.45) is 4.82. The van der Waals surface area contributed by atoms with Gasteiger partial charge in [0, 0.05) is 28.7 Å². The molecule has 1 aromatic carbocycles. The van der Waals surface area contributed by atoms with Crippen LogP contribution >= 0.6 is 0 Å². The van der Waals surface area contributed by atoms with Gasteiger partial charge in [-0.05, 0) is 55.9 Å². The predicted molar refractivity (Wildman–Crippen MR) is 107 cm³/mol. The lowest BCUT2D eigenvalue weighted by Crippen LogP contribution is -2.38. The van der Waals surface area contributed by atoms with E-state index in [-0.39, 0.29) is 5.91 Å². The fourth-order valence-corrected chi connectivity index (χ4v) is 4.56. The molecule has 0 unspecified atom stereocenters. The topological polar surface area (TPSA) is 74.2 Å². The van der Waals surface area contributed by atoms with Crippen molar-refractivity contribution >= 4 is 16.8 Å². The van der Waals surface area contributed by atoms with Gasteiger partial charge < -0.3 is 15.0 Å². The third-order valence-corrected chi connectivity index (χ3v) is 6.18. The molecule has 28 heavy (non-hydrogen) atoms. The van der Waals surface area contributed by atoms with Crippen molar-refractivity contribution in [3.05, 3.63) is 52.5 Å². The number of aromatic amines is 1. The van der Waals surface area contributed by atoms with Crippen molar-refractivity contribution in [3.63, 3.8) is 0 Å². The Bertz CT molecular complexity index is 1050. The number of aromatic nitrogens is 3. The molecule has 1 amide bonds. The molecule has 2 aliphatic rings. The zero-order valence-corrected chi connectivity index (χ0v) is 16.2. The van der Waals surface area contributed by atoms with Crippen LogP contribution in [0.25, 0.3) is 10.9 Å². The summed E-state index contributed by atoms with van der Waals surface area (Å²) in [5, 5.41) is 15.8. The number of rotatable bonds is 3. The van der Waals surface area contributed by atoms with E-state index in [4.69, 9.17) is 0 Å². The number of carbonyl (C=O) groups is 1. The summed E-state index contributed by atoms with van der Waals surface area (Å²) in [4.78, 5) is 18.5. The average Bonchev–Trinajstić information content (AvgIpc) is 3.32. The van der Waals surface area contributed by atoms with E-state index in [1.54, 1.807) is 0 Å². The Balaban J connectivity index is 1.40. The van der Waals surface area contributed by atoms with Gasteiger partial charge in [-0.3, -0.25) is 9.48 Å². The van der Waals surface area contributed by atoms with Gasteiger partial charge in [0.1, 0.15) is 0 Å². The van der Waals surface area contributed by atoms with Crippen molar-refractivity contribution in [1.29, 1.82) is 0 Å². The highest BCUT2D eigenvalue weighted by molar-refractivity contribution is 5.98. The molecule has 0 spiro atoms. The van der Waals surface area contributed by atoms with Crippen molar-refractivity contribution in [2.75, 3.05) is 6.54 Å². The summed E-state index contributed by atoms with van der Waals surface area (Å²) in [6, 6.07) is 8.00. The number of nitrogens with one attached hydrogen (secondary N) is 1. The average molecular weight is 378 g/mol. The number of hydrogen-bond acceptors (Lipinski definition) is 3. The van der Waals surface area contributed by atoms with E-state index in [0.717, 1.165) is 29.6 Å². The second-order valence-electron chi connectivity index (χ2n) is 7.98. The van der Waals surface area contributed by atoms with Crippen LogP contribution < -0.4 is 0 Å². The molecular weight excluding hydrogens is 352 g/mol. The molecule has 0 fully saturated rings. The SMILES string of the molecule is CC[C@H](O)c1cc2n(n1)CCN(C(=O)c1ccc3c4c([nH]c3c1)CCCC4)C2. The molecule has 3 aromatic rings. The Kier molecular flexibility index (Phi) is 4.23. The standard InChI is InChI=1S/C22H26N4O2/c1-2-21(27)20-12-15-13-25(9-10-26(15)24-20)22(28)14-7-8-17-16-5-3-4-6-18(16)23-19(17)11-14/h7-8,11-12,21,23,27H,2-6,9-10,13H2,1H3/t21-/m0/s1. The van der Waals surface area contributed by atoms with Crippen LogP contribution in [-0.2, 0) is 25.9 Å². The first-order valence-corrected chi connectivity index (χ1v) is 10.3. The number of nitrogens with zero attached hydrogens (tertiary/aromatic N) is 3. The Morgan fingerprint density at radius 1 is 1.25 bits per heavy atom. The number of hydrogen-bond donors (Lipinski definition) is 2. The molecule has 2 aromatic heterocycles. The minimum absolute atomic E-state index is 0.0551. The van der Waals surface area contributed by atoms with Crippen LogP contribution in [0.15, 0.2) is 24.3 Å². The van der Waals surface area contributed by atoms with Crippen LogP contribution in [0, 0.1) is 0 Å². The molecule has 2 N–H and O–H groups in total. The normalized spacial score (nSPS) is 17.4. The molecule has 5 rings (SSSR count). The number of benzene rings is 1. The molecule has 0 saturated heterocycles. The van der Waals surface area contributed by atoms with Crippen LogP contribution in [0.2, 0.25) is 0 Å². The first kappa shape index (κ1) is 17.5. The summed E-state index contributed by atoms with van der Waals surface area (Å²) in [5.41, 5.74) is 6.27. The van der Waals surface area contributed by atoms with Crippen LogP contribution in [0.1, 0.15) is 65.3 Å². The molecule has 0 radical (unpaired) electrons. The Morgan fingerprint density at radius 2 is 2.11 bits per heavy atom. The number of aliphatic hydroxyl groups is 1. The fraction of sp³-hybridized carbons (Fsp3) is 0.455. The van der Waals surface area contributed by atoms with E-state index in [1.165, 1.54) is 29.5 Å². The van der Waals surface area contributed by atoms with Crippen molar-refractivity contribution in [2.24, 2.45) is 0 Å². The smallest absolute Gasteiger partial charge is 0.254 e. The Morgan fingerprint density at radius 3 is 2.96 bits per heavy atom. The van der Waals surface area contributed by atoms with Crippen LogP contribution in [0.4, 0.5) is 0 Å². The van der Waals surface area contributed by atoms with Gasteiger partial charge in [0.15, 0.2) is 0 Å². The molecule has 1 aliphatic heterocycles. The van der Waals surface area contributed by atoms with Gasteiger partial charge in [-0.25, -0.2) is 0 Å². The second-order valence-corrected chi connectivity index (χ2v) is 7.98. The summed E-state index contributed by atoms with van der Waals surface area (Å²) in [5.74, 6) is 0.0551. The van der Waals surface area contributed by atoms with E-state index in [1.807, 2.05) is 34.7 Å². The summed E-state index contributed by atoms with van der Waals surface area (Å²) >= 11 is 0. The first-order chi connectivity index (χ1) is 13.6. The highest BCUT2D eigenvalue weighted by atomic mass is 16.3. The first-order valence-electron chi connectivity index (χ1n) is 10.3. The molecule has 146 valence electrons. The van der Waals surface area contributed by atoms with Gasteiger partial charge in [0.25, 0.3) is 5.91 Å². The maximum Gasteiger partial charge on any atom is 0.254 e. The Hall–Kier alpha value is -2.60. The zero-order valence-electron chi connectivity index (χ0n) is 16.2. The number of fused-ring (bicyclic) bond motifs is 4. The number of aliphatic hydroxyl groups excluding tert-OH is 1. The minimum Gasteiger partial charge on any atom is -0.387 e. The lowest BCUT2D eigenvalue weighted by atomic mass is 9.95. The van der Waals surface area contributed by atoms with E-state index >= 15 is 0 Å². The fourth-order valence-electron chi connectivity index (χ4n) is 4.56. The van der Waals surface area contributed by atoms with Crippen molar-refractivity contribution in [2.45, 2.75) is 58.2 Å². The lowest BCUT2D eigenvalue weighted by molar-refractivity contribution is 0.0706. The van der Waals surface area contributed by atoms with Crippen molar-refractivity contribution < 1.29 is 9.90 Å². The van der Waals surface area contributed by atoms with Gasteiger partial charge >= 0.3 is 0 Å². The van der Waals surface area contributed by atoms with Crippen LogP contribution in [-0.4, -0.2) is 37.2 Å². The monoisotopic (exact) mass is 378 g/mol. The molecule has 6 heteroatoms. The van der Waals surface area contributed by atoms with Gasteiger partial charge in [-0.15, -0.1) is 0 Å². The molecular formula is C22H26N4O2. The molecule has 1 aliphatic carbocycles. The van der Waals surface area contributed by atoms with E-state index in [2.05, 4.69) is 16.1 Å². The van der Waals surface area contributed by atoms with Crippen molar-refractivity contribution in [1.82, 2.24) is 19.7 Å². The largest absolute Gasteiger partial charge is 0.387 e. The van der Waals surface area contributed by atoms with Crippen LogP contribution in [0.3, 0.4) is 0 Å². The zero-order chi connectivity index (χ0) is 19.3. The van der Waals surface area contributed by atoms with Crippen molar-refractivity contribution in [3.8, 4) is 0 Å². The molecule has 6 nitrogen and oxygen atoms in total. The quantitative estimate of drug-likeness (QED) is 0.734. The maximum atomic E-state index is 13.1. The van der Waals surface area contributed by atoms with E-state index in [9.17, 15) is 9.90 Å². The number of carbonyl (C=O) groups excluding carboxylic acids is 1. The summed E-state index contributed by atoms with van der Waals surface area (Å²) in [6.45, 7) is 3.76. The third kappa shape index (κ3) is 2.83. The number of aryl methyl sites for hydroxylation is 2. The van der Waals surface area contributed by atoms with Gasteiger partial charge in [0.2, 0.25) is 0 Å². The predicted octanol–water partition coefficient (Wildman–Crippen LogP) is 3.34. The summed E-state index contributed by atoms with van der Waals surface area (Å²) in [7, 11) is 0. The molecule has 3 heterocycles. The lowest BCUT2D eigenvalue weighted by Gasteiger charge is -2.27. The maximum absolute atomic E-state index is 13.1. The Labute approximate surface area is 164 Å². The van der Waals surface area contributed by atoms with E-state index in [0.29, 0.717) is 31.7 Å². The van der Waals surface area contributed by atoms with Gasteiger partial charge in [0.05, 0.1) is 30.6 Å². The minimum atomic E-state index is -0.538. The molecule has 0 bridgehead atoms. The molecule has 1 atom stereocenters. The number of H-pyrrole nitrogens is 1. The third-order valence-electron chi connectivity index (χ3n) is 6.18. The highest BCUT2D eigenvalue weighted by Gasteiger charge is 2.25. The van der Waals surface area contributed by atoms with E-state index < -0.39 is 6.10 Å². The van der Waals surface area contributed by atoms with Gasteiger partial charge in [-0.2, -0.15) is 5.10 Å². The van der Waals surface area contributed by atoms with Gasteiger partial charge in [-0.1, -0.05) is 13.0 Å². The summed E-state index contributed by atoms with van der Waals surface area (Å²) < 4.78 is 1.92. The second kappa shape index (κ2) is 6.78. The molecule has 0 saturated carbocycles.